The van der Waals surface area contributed by atoms with E-state index >= 15 is 0 Å². The van der Waals surface area contributed by atoms with Crippen molar-refractivity contribution in [3.8, 4) is 0 Å². The van der Waals surface area contributed by atoms with Crippen molar-refractivity contribution in [2.45, 2.75) is 19.0 Å². The first kappa shape index (κ1) is 19.6. The fraction of sp³-hybridized carbons (Fsp3) is 0.333. The van der Waals surface area contributed by atoms with Crippen LogP contribution in [0.15, 0.2) is 35.3 Å². The largest absolute Gasteiger partial charge is 0.416 e. The van der Waals surface area contributed by atoms with Crippen LogP contribution in [0.2, 0.25) is 0 Å². The number of aromatic nitrogens is 4. The van der Waals surface area contributed by atoms with E-state index < -0.39 is 23.5 Å². The van der Waals surface area contributed by atoms with Gasteiger partial charge in [0.15, 0.2) is 5.65 Å². The SMILES string of the molecule is CN(C)C(=O)n1c(=O)n(C)c2cnc(CCc3ccc(C(F)(F)F)cc3)nc21. The number of alkyl halides is 3. The molecule has 0 aliphatic heterocycles. The summed E-state index contributed by atoms with van der Waals surface area (Å²) in [6.07, 6.45) is -2.14. The molecule has 0 saturated carbocycles. The van der Waals surface area contributed by atoms with Crippen LogP contribution in [0.1, 0.15) is 17.0 Å². The quantitative estimate of drug-likeness (QED) is 0.685. The fourth-order valence-corrected chi connectivity index (χ4v) is 2.76. The first-order valence-electron chi connectivity index (χ1n) is 8.40. The van der Waals surface area contributed by atoms with Crippen LogP contribution in [0.5, 0.6) is 0 Å². The molecule has 0 radical (unpaired) electrons. The van der Waals surface area contributed by atoms with Crippen molar-refractivity contribution in [1.82, 2.24) is 24.0 Å². The molecular weight excluding hydrogens is 375 g/mol. The van der Waals surface area contributed by atoms with Gasteiger partial charge < -0.3 is 4.90 Å². The minimum Gasteiger partial charge on any atom is -0.330 e. The van der Waals surface area contributed by atoms with E-state index in [1.165, 1.54) is 48.9 Å². The zero-order valence-corrected chi connectivity index (χ0v) is 15.5. The molecule has 0 bridgehead atoms. The Morgan fingerprint density at radius 3 is 2.36 bits per heavy atom. The molecule has 1 aromatic carbocycles. The summed E-state index contributed by atoms with van der Waals surface area (Å²) in [7, 11) is 4.58. The molecule has 0 N–H and O–H groups in total. The van der Waals surface area contributed by atoms with Gasteiger partial charge in [0.25, 0.3) is 0 Å². The van der Waals surface area contributed by atoms with Crippen molar-refractivity contribution >= 4 is 17.2 Å². The highest BCUT2D eigenvalue weighted by molar-refractivity contribution is 5.86. The van der Waals surface area contributed by atoms with Crippen LogP contribution in [0, 0.1) is 0 Å². The molecule has 0 saturated heterocycles. The van der Waals surface area contributed by atoms with Crippen LogP contribution in [0.25, 0.3) is 11.2 Å². The van der Waals surface area contributed by atoms with Crippen LogP contribution in [-0.2, 0) is 26.1 Å². The minimum absolute atomic E-state index is 0.198. The number of carbonyl (C=O) groups excluding carboxylic acids is 1. The molecular formula is C18H18F3N5O2. The summed E-state index contributed by atoms with van der Waals surface area (Å²) in [5.74, 6) is 0.387. The summed E-state index contributed by atoms with van der Waals surface area (Å²) in [6, 6.07) is 4.36. The second-order valence-corrected chi connectivity index (χ2v) is 6.54. The average molecular weight is 393 g/mol. The first-order valence-corrected chi connectivity index (χ1v) is 8.40. The van der Waals surface area contributed by atoms with Crippen molar-refractivity contribution in [3.63, 3.8) is 0 Å². The summed E-state index contributed by atoms with van der Waals surface area (Å²) in [5.41, 5.74) is 0.0842. The number of hydrogen-bond acceptors (Lipinski definition) is 4. The fourth-order valence-electron chi connectivity index (χ4n) is 2.76. The molecule has 0 fully saturated rings. The van der Waals surface area contributed by atoms with Crippen molar-refractivity contribution in [2.75, 3.05) is 14.1 Å². The predicted molar refractivity (Wildman–Crippen MR) is 96.1 cm³/mol. The molecule has 7 nitrogen and oxygen atoms in total. The Bertz CT molecular complexity index is 1080. The summed E-state index contributed by atoms with van der Waals surface area (Å²) >= 11 is 0. The maximum absolute atomic E-state index is 12.6. The maximum atomic E-state index is 12.6. The van der Waals surface area contributed by atoms with E-state index in [-0.39, 0.29) is 5.65 Å². The average Bonchev–Trinajstić information content (AvgIpc) is 2.89. The van der Waals surface area contributed by atoms with E-state index in [9.17, 15) is 22.8 Å². The summed E-state index contributed by atoms with van der Waals surface area (Å²) in [5, 5.41) is 0. The van der Waals surface area contributed by atoms with Gasteiger partial charge in [0, 0.05) is 27.6 Å². The second-order valence-electron chi connectivity index (χ2n) is 6.54. The lowest BCUT2D eigenvalue weighted by molar-refractivity contribution is -0.137. The molecule has 0 atom stereocenters. The van der Waals surface area contributed by atoms with Crippen LogP contribution in [0.3, 0.4) is 0 Å². The highest BCUT2D eigenvalue weighted by atomic mass is 19.4. The van der Waals surface area contributed by atoms with Gasteiger partial charge >= 0.3 is 17.9 Å². The second kappa shape index (κ2) is 7.10. The van der Waals surface area contributed by atoms with E-state index in [4.69, 9.17) is 0 Å². The van der Waals surface area contributed by atoms with Gasteiger partial charge in [0.1, 0.15) is 11.3 Å². The number of fused-ring (bicyclic) bond motifs is 1. The van der Waals surface area contributed by atoms with Gasteiger partial charge in [-0.3, -0.25) is 4.57 Å². The Morgan fingerprint density at radius 2 is 1.79 bits per heavy atom. The van der Waals surface area contributed by atoms with E-state index in [1.807, 2.05) is 0 Å². The Morgan fingerprint density at radius 1 is 1.14 bits per heavy atom. The van der Waals surface area contributed by atoms with Crippen molar-refractivity contribution in [3.05, 3.63) is 57.9 Å². The molecule has 0 spiro atoms. The molecule has 0 aliphatic rings. The predicted octanol–water partition coefficient (Wildman–Crippen LogP) is 2.46. The minimum atomic E-state index is -4.37. The zero-order valence-electron chi connectivity index (χ0n) is 15.5. The number of imidazole rings is 1. The van der Waals surface area contributed by atoms with Gasteiger partial charge in [-0.25, -0.2) is 19.6 Å². The van der Waals surface area contributed by atoms with Crippen LogP contribution >= 0.6 is 0 Å². The third-order valence-electron chi connectivity index (χ3n) is 4.34. The van der Waals surface area contributed by atoms with E-state index in [2.05, 4.69) is 9.97 Å². The number of carbonyl (C=O) groups is 1. The first-order chi connectivity index (χ1) is 13.1. The number of rotatable bonds is 3. The third kappa shape index (κ3) is 3.62. The third-order valence-corrected chi connectivity index (χ3v) is 4.34. The summed E-state index contributed by atoms with van der Waals surface area (Å²) < 4.78 is 40.2. The highest BCUT2D eigenvalue weighted by Gasteiger charge is 2.29. The van der Waals surface area contributed by atoms with Gasteiger partial charge in [-0.1, -0.05) is 12.1 Å². The lowest BCUT2D eigenvalue weighted by Gasteiger charge is -2.10. The molecule has 3 aromatic rings. The number of amides is 1. The van der Waals surface area contributed by atoms with E-state index in [1.54, 1.807) is 0 Å². The topological polar surface area (TPSA) is 73.0 Å². The molecule has 3 rings (SSSR count). The Labute approximate surface area is 158 Å². The molecule has 2 aromatic heterocycles. The Hall–Kier alpha value is -3.17. The summed E-state index contributed by atoms with van der Waals surface area (Å²) in [6.45, 7) is 0. The molecule has 28 heavy (non-hydrogen) atoms. The van der Waals surface area contributed by atoms with Crippen molar-refractivity contribution in [1.29, 1.82) is 0 Å². The molecule has 10 heteroatoms. The molecule has 1 amide bonds. The maximum Gasteiger partial charge on any atom is 0.416 e. The highest BCUT2D eigenvalue weighted by Crippen LogP contribution is 2.29. The van der Waals surface area contributed by atoms with Gasteiger partial charge in [0.05, 0.1) is 11.8 Å². The number of hydrogen-bond donors (Lipinski definition) is 0. The number of aryl methyl sites for hydroxylation is 3. The van der Waals surface area contributed by atoms with Gasteiger partial charge in [-0.05, 0) is 24.1 Å². The van der Waals surface area contributed by atoms with Crippen LogP contribution in [0.4, 0.5) is 18.0 Å². The normalized spacial score (nSPS) is 11.8. The van der Waals surface area contributed by atoms with Crippen molar-refractivity contribution in [2.24, 2.45) is 7.05 Å². The van der Waals surface area contributed by atoms with Crippen LogP contribution < -0.4 is 5.69 Å². The molecule has 0 unspecified atom stereocenters. The van der Waals surface area contributed by atoms with Gasteiger partial charge in [-0.2, -0.15) is 17.7 Å². The van der Waals surface area contributed by atoms with E-state index in [0.717, 1.165) is 16.7 Å². The Balaban J connectivity index is 1.87. The molecule has 0 aliphatic carbocycles. The number of halogens is 3. The standard InChI is InChI=1S/C18H18F3N5O2/c1-24(2)16(27)26-15-13(25(3)17(26)28)10-22-14(23-15)9-6-11-4-7-12(8-5-11)18(19,20)21/h4-5,7-8,10H,6,9H2,1-3H3. The van der Waals surface area contributed by atoms with Crippen molar-refractivity contribution < 1.29 is 18.0 Å². The zero-order chi connectivity index (χ0) is 20.6. The lowest BCUT2D eigenvalue weighted by atomic mass is 10.1. The number of nitrogens with zero attached hydrogens (tertiary/aromatic N) is 5. The molecule has 148 valence electrons. The lowest BCUT2D eigenvalue weighted by Crippen LogP contribution is -2.35. The summed E-state index contributed by atoms with van der Waals surface area (Å²) in [4.78, 5) is 34.5. The molecule has 2 heterocycles. The van der Waals surface area contributed by atoms with E-state index in [0.29, 0.717) is 29.7 Å². The monoisotopic (exact) mass is 393 g/mol. The Kier molecular flexibility index (Phi) is 4.97. The van der Waals surface area contributed by atoms with Gasteiger partial charge in [0.2, 0.25) is 0 Å². The van der Waals surface area contributed by atoms with Gasteiger partial charge in [-0.15, -0.1) is 0 Å². The smallest absolute Gasteiger partial charge is 0.330 e. The number of benzene rings is 1. The van der Waals surface area contributed by atoms with Crippen LogP contribution in [-0.4, -0.2) is 44.1 Å².